The number of sulfonamides is 1. The molecule has 0 unspecified atom stereocenters. The van der Waals surface area contributed by atoms with Crippen LogP contribution in [0.3, 0.4) is 0 Å². The first-order valence-electron chi connectivity index (χ1n) is 5.42. The Kier molecular flexibility index (Phi) is 5.73. The number of unbranched alkanes of at least 4 members (excludes halogenated alkanes) is 2. The number of hydrogen-bond acceptors (Lipinski definition) is 2. The van der Waals surface area contributed by atoms with Gasteiger partial charge in [0.1, 0.15) is 4.90 Å². The second kappa shape index (κ2) is 6.59. The first kappa shape index (κ1) is 14.8. The van der Waals surface area contributed by atoms with Crippen LogP contribution in [0.5, 0.6) is 0 Å². The van der Waals surface area contributed by atoms with E-state index in [9.17, 15) is 8.42 Å². The van der Waals surface area contributed by atoms with Crippen LogP contribution >= 0.6 is 23.2 Å². The minimum absolute atomic E-state index is 0.0418. The summed E-state index contributed by atoms with van der Waals surface area (Å²) in [5.41, 5.74) is 0. The molecule has 0 aliphatic rings. The summed E-state index contributed by atoms with van der Waals surface area (Å²) in [6, 6.07) is 4.63. The van der Waals surface area contributed by atoms with Crippen LogP contribution in [0, 0.1) is 0 Å². The molecule has 6 heteroatoms. The second-order valence-corrected chi connectivity index (χ2v) is 6.17. The van der Waals surface area contributed by atoms with Gasteiger partial charge in [0.05, 0.1) is 10.0 Å². The van der Waals surface area contributed by atoms with Gasteiger partial charge in [-0.25, -0.2) is 13.1 Å². The second-order valence-electron chi connectivity index (χ2n) is 3.66. The predicted octanol–water partition coefficient (Wildman–Crippen LogP) is 3.46. The highest BCUT2D eigenvalue weighted by Gasteiger charge is 2.20. The van der Waals surface area contributed by atoms with Gasteiger partial charge in [0, 0.05) is 6.54 Å². The molecule has 0 bridgehead atoms. The molecule has 0 spiro atoms. The summed E-state index contributed by atoms with van der Waals surface area (Å²) in [7, 11) is -3.62. The maximum Gasteiger partial charge on any atom is 0.243 e. The smallest absolute Gasteiger partial charge is 0.211 e. The predicted molar refractivity (Wildman–Crippen MR) is 71.2 cm³/mol. The van der Waals surface area contributed by atoms with Gasteiger partial charge in [0.2, 0.25) is 10.0 Å². The Morgan fingerprint density at radius 2 is 1.76 bits per heavy atom. The van der Waals surface area contributed by atoms with Crippen molar-refractivity contribution in [2.45, 2.75) is 31.1 Å². The van der Waals surface area contributed by atoms with E-state index in [0.29, 0.717) is 6.54 Å². The van der Waals surface area contributed by atoms with E-state index in [4.69, 9.17) is 23.2 Å². The average Bonchev–Trinajstić information content (AvgIpc) is 2.24. The summed E-state index contributed by atoms with van der Waals surface area (Å²) in [6.45, 7) is 2.46. The van der Waals surface area contributed by atoms with E-state index in [1.54, 1.807) is 6.07 Å². The summed E-state index contributed by atoms with van der Waals surface area (Å²) in [6.07, 6.45) is 2.82. The van der Waals surface area contributed by atoms with Gasteiger partial charge in [0.25, 0.3) is 0 Å². The van der Waals surface area contributed by atoms with Crippen LogP contribution < -0.4 is 4.72 Å². The molecular weight excluding hydrogens is 281 g/mol. The maximum atomic E-state index is 12.0. The summed E-state index contributed by atoms with van der Waals surface area (Å²) in [5, 5.41) is 0.279. The summed E-state index contributed by atoms with van der Waals surface area (Å²) < 4.78 is 26.4. The van der Waals surface area contributed by atoms with Crippen LogP contribution in [-0.4, -0.2) is 15.0 Å². The van der Waals surface area contributed by atoms with Gasteiger partial charge in [-0.15, -0.1) is 0 Å². The Morgan fingerprint density at radius 3 is 2.29 bits per heavy atom. The van der Waals surface area contributed by atoms with Gasteiger partial charge in [-0.3, -0.25) is 0 Å². The SMILES string of the molecule is CCCCCNS(=O)(=O)c1c(Cl)cccc1Cl. The molecule has 0 amide bonds. The Hall–Kier alpha value is -0.290. The highest BCUT2D eigenvalue weighted by atomic mass is 35.5. The van der Waals surface area contributed by atoms with Crippen LogP contribution in [0.2, 0.25) is 10.0 Å². The van der Waals surface area contributed by atoms with E-state index in [1.807, 2.05) is 0 Å². The van der Waals surface area contributed by atoms with Crippen LogP contribution in [-0.2, 0) is 10.0 Å². The number of benzene rings is 1. The quantitative estimate of drug-likeness (QED) is 0.817. The molecule has 0 radical (unpaired) electrons. The molecular formula is C11H15Cl2NO2S. The highest BCUT2D eigenvalue weighted by Crippen LogP contribution is 2.28. The summed E-state index contributed by atoms with van der Waals surface area (Å²) in [4.78, 5) is -0.0418. The van der Waals surface area contributed by atoms with Gasteiger partial charge in [-0.05, 0) is 18.6 Å². The van der Waals surface area contributed by atoms with Crippen molar-refractivity contribution in [1.82, 2.24) is 4.72 Å². The van der Waals surface area contributed by atoms with Crippen molar-refractivity contribution in [3.8, 4) is 0 Å². The molecule has 1 rings (SSSR count). The molecule has 3 nitrogen and oxygen atoms in total. The molecule has 1 aromatic rings. The van der Waals surface area contributed by atoms with Crippen molar-refractivity contribution in [2.24, 2.45) is 0 Å². The third kappa shape index (κ3) is 4.14. The normalized spacial score (nSPS) is 11.7. The van der Waals surface area contributed by atoms with Crippen molar-refractivity contribution in [1.29, 1.82) is 0 Å². The molecule has 0 aliphatic carbocycles. The van der Waals surface area contributed by atoms with Crippen LogP contribution in [0.4, 0.5) is 0 Å². The van der Waals surface area contributed by atoms with Gasteiger partial charge < -0.3 is 0 Å². The molecule has 0 heterocycles. The highest BCUT2D eigenvalue weighted by molar-refractivity contribution is 7.89. The number of nitrogens with one attached hydrogen (secondary N) is 1. The molecule has 0 aliphatic heterocycles. The standard InChI is InChI=1S/C11H15Cl2NO2S/c1-2-3-4-8-14-17(15,16)11-9(12)6-5-7-10(11)13/h5-7,14H,2-4,8H2,1H3. The summed E-state index contributed by atoms with van der Waals surface area (Å²) >= 11 is 11.7. The minimum atomic E-state index is -3.62. The van der Waals surface area contributed by atoms with E-state index in [0.717, 1.165) is 19.3 Å². The fourth-order valence-corrected chi connectivity index (χ4v) is 3.61. The van der Waals surface area contributed by atoms with Crippen LogP contribution in [0.25, 0.3) is 0 Å². The molecule has 96 valence electrons. The lowest BCUT2D eigenvalue weighted by atomic mass is 10.3. The fourth-order valence-electron chi connectivity index (χ4n) is 1.39. The zero-order valence-corrected chi connectivity index (χ0v) is 11.9. The van der Waals surface area contributed by atoms with Crippen molar-refractivity contribution >= 4 is 33.2 Å². The Labute approximate surface area is 112 Å². The van der Waals surface area contributed by atoms with E-state index in [1.165, 1.54) is 12.1 Å². The lowest BCUT2D eigenvalue weighted by Gasteiger charge is -2.09. The maximum absolute atomic E-state index is 12.0. The third-order valence-corrected chi connectivity index (χ3v) is 4.68. The first-order valence-corrected chi connectivity index (χ1v) is 7.66. The molecule has 0 aromatic heterocycles. The van der Waals surface area contributed by atoms with Crippen molar-refractivity contribution in [3.63, 3.8) is 0 Å². The Bertz CT molecular complexity index is 454. The largest absolute Gasteiger partial charge is 0.243 e. The third-order valence-electron chi connectivity index (χ3n) is 2.26. The Balaban J connectivity index is 2.83. The van der Waals surface area contributed by atoms with E-state index in [2.05, 4.69) is 11.6 Å². The fraction of sp³-hybridized carbons (Fsp3) is 0.455. The van der Waals surface area contributed by atoms with Gasteiger partial charge >= 0.3 is 0 Å². The van der Waals surface area contributed by atoms with Gasteiger partial charge in [0.15, 0.2) is 0 Å². The minimum Gasteiger partial charge on any atom is -0.211 e. The van der Waals surface area contributed by atoms with E-state index in [-0.39, 0.29) is 14.9 Å². The monoisotopic (exact) mass is 295 g/mol. The average molecular weight is 296 g/mol. The zero-order valence-electron chi connectivity index (χ0n) is 9.54. The molecule has 0 fully saturated rings. The molecule has 0 atom stereocenters. The van der Waals surface area contributed by atoms with E-state index < -0.39 is 10.0 Å². The topological polar surface area (TPSA) is 46.2 Å². The van der Waals surface area contributed by atoms with Gasteiger partial charge in [-0.1, -0.05) is 49.0 Å². The molecule has 0 saturated heterocycles. The molecule has 17 heavy (non-hydrogen) atoms. The number of rotatable bonds is 6. The van der Waals surface area contributed by atoms with E-state index >= 15 is 0 Å². The summed E-state index contributed by atoms with van der Waals surface area (Å²) in [5.74, 6) is 0. The Morgan fingerprint density at radius 1 is 1.18 bits per heavy atom. The van der Waals surface area contributed by atoms with Gasteiger partial charge in [-0.2, -0.15) is 0 Å². The molecule has 1 N–H and O–H groups in total. The molecule has 1 aromatic carbocycles. The lowest BCUT2D eigenvalue weighted by Crippen LogP contribution is -2.25. The van der Waals surface area contributed by atoms with Crippen LogP contribution in [0.15, 0.2) is 23.1 Å². The zero-order chi connectivity index (χ0) is 12.9. The lowest BCUT2D eigenvalue weighted by molar-refractivity contribution is 0.576. The molecule has 0 saturated carbocycles. The van der Waals surface area contributed by atoms with Crippen molar-refractivity contribution in [2.75, 3.05) is 6.54 Å². The van der Waals surface area contributed by atoms with Crippen molar-refractivity contribution < 1.29 is 8.42 Å². The number of hydrogen-bond donors (Lipinski definition) is 1. The van der Waals surface area contributed by atoms with Crippen molar-refractivity contribution in [3.05, 3.63) is 28.2 Å². The first-order chi connectivity index (χ1) is 7.99. The van der Waals surface area contributed by atoms with Crippen LogP contribution in [0.1, 0.15) is 26.2 Å². The number of halogens is 2.